The number of likely N-dealkylation sites (tertiary alicyclic amines) is 1. The second-order valence-electron chi connectivity index (χ2n) is 14.2. The molecule has 0 N–H and O–H groups in total. The average Bonchev–Trinajstić information content (AvgIpc) is 3.13. The van der Waals surface area contributed by atoms with Crippen LogP contribution in [0, 0.1) is 0 Å². The third-order valence-electron chi connectivity index (χ3n) is 9.25. The summed E-state index contributed by atoms with van der Waals surface area (Å²) in [5.74, 6) is 1.75. The van der Waals surface area contributed by atoms with Crippen LogP contribution in [0.25, 0.3) is 10.4 Å². The van der Waals surface area contributed by atoms with E-state index >= 15 is 0 Å². The number of methoxy groups -OCH3 is 1. The van der Waals surface area contributed by atoms with Crippen molar-refractivity contribution in [1.29, 1.82) is 0 Å². The van der Waals surface area contributed by atoms with Crippen molar-refractivity contribution in [3.8, 4) is 11.5 Å². The van der Waals surface area contributed by atoms with Crippen LogP contribution in [0.3, 0.4) is 0 Å². The van der Waals surface area contributed by atoms with Crippen LogP contribution >= 0.6 is 0 Å². The van der Waals surface area contributed by atoms with Crippen LogP contribution in [0.1, 0.15) is 74.6 Å². The van der Waals surface area contributed by atoms with E-state index in [1.807, 2.05) is 57.2 Å². The number of para-hydroxylation sites is 1. The lowest BCUT2D eigenvalue weighted by atomic mass is 9.87. The van der Waals surface area contributed by atoms with E-state index in [2.05, 4.69) is 45.3 Å². The molecule has 2 heterocycles. The smallest absolute Gasteiger partial charge is 0.410 e. The molecule has 0 saturated carbocycles. The van der Waals surface area contributed by atoms with Gasteiger partial charge in [-0.15, -0.1) is 0 Å². The molecular formula is C40H53N5O6. The molecule has 3 aromatic rings. The summed E-state index contributed by atoms with van der Waals surface area (Å²) >= 11 is 0. The number of ether oxygens (including phenoxy) is 5. The number of hydrogen-bond donors (Lipinski definition) is 0. The standard InChI is InChI=1S/C40H53N5O6/c1-40(2,3)51-39(46)45-23-19-35(31-15-17-34(18-16-31)49-25-9-24-48-29-33-10-5-6-12-37(33)47-4)38(27-45)50-28-30-13-14-32-11-7-21-44(36(32)26-30)22-8-20-42-43-41/h5-6,10,12-18,26,35,38H,7-9,11,19-25,27-29H2,1-4H3/t35-,38+/m1/s1. The van der Waals surface area contributed by atoms with Gasteiger partial charge in [-0.3, -0.25) is 0 Å². The fourth-order valence-electron chi connectivity index (χ4n) is 6.72. The van der Waals surface area contributed by atoms with Crippen LogP contribution in [-0.2, 0) is 33.8 Å². The zero-order valence-corrected chi connectivity index (χ0v) is 30.6. The molecule has 11 heteroatoms. The summed E-state index contributed by atoms with van der Waals surface area (Å²) in [4.78, 5) is 20.2. The Kier molecular flexibility index (Phi) is 13.9. The molecule has 0 aliphatic carbocycles. The van der Waals surface area contributed by atoms with Crippen LogP contribution < -0.4 is 14.4 Å². The van der Waals surface area contributed by atoms with Crippen molar-refractivity contribution < 1.29 is 28.5 Å². The topological polar surface area (TPSA) is 118 Å². The average molecular weight is 700 g/mol. The monoisotopic (exact) mass is 699 g/mol. The zero-order valence-electron chi connectivity index (χ0n) is 30.6. The number of fused-ring (bicyclic) bond motifs is 1. The second-order valence-corrected chi connectivity index (χ2v) is 14.2. The molecule has 5 rings (SSSR count). The summed E-state index contributed by atoms with van der Waals surface area (Å²) in [6.07, 6.45) is 3.98. The van der Waals surface area contributed by atoms with E-state index in [4.69, 9.17) is 29.2 Å². The van der Waals surface area contributed by atoms with Crippen LogP contribution in [-0.4, -0.2) is 75.7 Å². The van der Waals surface area contributed by atoms with Crippen molar-refractivity contribution in [2.45, 2.75) is 83.7 Å². The van der Waals surface area contributed by atoms with E-state index in [0.717, 1.165) is 73.4 Å². The molecule has 1 saturated heterocycles. The molecule has 2 aliphatic rings. The van der Waals surface area contributed by atoms with Gasteiger partial charge >= 0.3 is 6.09 Å². The number of carbonyl (C=O) groups excluding carboxylic acids is 1. The lowest BCUT2D eigenvalue weighted by Crippen LogP contribution is -2.48. The van der Waals surface area contributed by atoms with Gasteiger partial charge in [0.15, 0.2) is 0 Å². The Bertz CT molecular complexity index is 1600. The molecule has 2 atom stereocenters. The van der Waals surface area contributed by atoms with Crippen LogP contribution in [0.15, 0.2) is 71.8 Å². The van der Waals surface area contributed by atoms with Gasteiger partial charge in [-0.05, 0) is 92.9 Å². The molecule has 0 radical (unpaired) electrons. The fraction of sp³-hybridized carbons (Fsp3) is 0.525. The molecule has 11 nitrogen and oxygen atoms in total. The van der Waals surface area contributed by atoms with Crippen molar-refractivity contribution in [2.75, 3.05) is 57.9 Å². The van der Waals surface area contributed by atoms with Crippen molar-refractivity contribution in [2.24, 2.45) is 5.11 Å². The predicted octanol–water partition coefficient (Wildman–Crippen LogP) is 8.44. The normalized spacial score (nSPS) is 17.3. The summed E-state index contributed by atoms with van der Waals surface area (Å²) in [6.45, 7) is 11.1. The number of azide groups is 1. The van der Waals surface area contributed by atoms with Crippen molar-refractivity contribution in [3.05, 3.63) is 99.4 Å². The van der Waals surface area contributed by atoms with E-state index < -0.39 is 5.60 Å². The van der Waals surface area contributed by atoms with Gasteiger partial charge in [0.05, 0.1) is 46.2 Å². The van der Waals surface area contributed by atoms with Gasteiger partial charge in [-0.1, -0.05) is 47.6 Å². The second kappa shape index (κ2) is 18.7. The van der Waals surface area contributed by atoms with Gasteiger partial charge in [-0.2, -0.15) is 0 Å². The molecule has 0 aromatic heterocycles. The highest BCUT2D eigenvalue weighted by molar-refractivity contribution is 5.68. The largest absolute Gasteiger partial charge is 0.496 e. The number of nitrogens with zero attached hydrogens (tertiary/aromatic N) is 5. The van der Waals surface area contributed by atoms with Gasteiger partial charge in [0.2, 0.25) is 0 Å². The van der Waals surface area contributed by atoms with Gasteiger partial charge in [0.1, 0.15) is 17.1 Å². The summed E-state index contributed by atoms with van der Waals surface area (Å²) in [7, 11) is 1.67. The number of carbonyl (C=O) groups is 1. The molecule has 0 spiro atoms. The van der Waals surface area contributed by atoms with E-state index in [1.54, 1.807) is 12.0 Å². The number of aryl methyl sites for hydroxylation is 1. The Morgan fingerprint density at radius 3 is 2.61 bits per heavy atom. The maximum Gasteiger partial charge on any atom is 0.410 e. The third kappa shape index (κ3) is 11.3. The molecule has 0 unspecified atom stereocenters. The first-order chi connectivity index (χ1) is 24.7. The van der Waals surface area contributed by atoms with Gasteiger partial charge in [0.25, 0.3) is 0 Å². The first-order valence-electron chi connectivity index (χ1n) is 18.1. The van der Waals surface area contributed by atoms with Crippen LogP contribution in [0.5, 0.6) is 11.5 Å². The third-order valence-corrected chi connectivity index (χ3v) is 9.25. The van der Waals surface area contributed by atoms with E-state index in [1.165, 1.54) is 11.3 Å². The van der Waals surface area contributed by atoms with Gasteiger partial charge in [-0.25, -0.2) is 4.79 Å². The highest BCUT2D eigenvalue weighted by Gasteiger charge is 2.35. The lowest BCUT2D eigenvalue weighted by molar-refractivity contribution is -0.0359. The number of benzene rings is 3. The fourth-order valence-corrected chi connectivity index (χ4v) is 6.72. The lowest BCUT2D eigenvalue weighted by Gasteiger charge is -2.39. The van der Waals surface area contributed by atoms with Gasteiger partial charge in [0, 0.05) is 54.7 Å². The van der Waals surface area contributed by atoms with Crippen LogP contribution in [0.4, 0.5) is 10.5 Å². The number of hydrogen-bond acceptors (Lipinski definition) is 8. The van der Waals surface area contributed by atoms with Crippen molar-refractivity contribution >= 4 is 11.8 Å². The van der Waals surface area contributed by atoms with Crippen LogP contribution in [0.2, 0.25) is 0 Å². The van der Waals surface area contributed by atoms with Crippen molar-refractivity contribution in [3.63, 3.8) is 0 Å². The van der Waals surface area contributed by atoms with E-state index in [0.29, 0.717) is 46.1 Å². The maximum absolute atomic E-state index is 13.1. The molecule has 51 heavy (non-hydrogen) atoms. The summed E-state index contributed by atoms with van der Waals surface area (Å²) in [5, 5.41) is 3.70. The molecule has 1 amide bonds. The van der Waals surface area contributed by atoms with Crippen molar-refractivity contribution in [1.82, 2.24) is 4.90 Å². The quantitative estimate of drug-likeness (QED) is 0.0637. The molecule has 0 bridgehead atoms. The Balaban J connectivity index is 1.19. The zero-order chi connectivity index (χ0) is 36.1. The summed E-state index contributed by atoms with van der Waals surface area (Å²) in [6, 6.07) is 22.7. The number of rotatable bonds is 16. The molecule has 2 aliphatic heterocycles. The van der Waals surface area contributed by atoms with E-state index in [-0.39, 0.29) is 18.1 Å². The molecule has 1 fully saturated rings. The first-order valence-corrected chi connectivity index (χ1v) is 18.1. The Morgan fingerprint density at radius 1 is 1.00 bits per heavy atom. The Morgan fingerprint density at radius 2 is 1.82 bits per heavy atom. The molecule has 274 valence electrons. The minimum atomic E-state index is -0.572. The van der Waals surface area contributed by atoms with E-state index in [9.17, 15) is 4.79 Å². The minimum absolute atomic E-state index is 0.107. The number of anilines is 1. The number of piperidine rings is 1. The highest BCUT2D eigenvalue weighted by atomic mass is 16.6. The maximum atomic E-state index is 13.1. The minimum Gasteiger partial charge on any atom is -0.496 e. The molecule has 3 aromatic carbocycles. The first kappa shape index (κ1) is 37.8. The Hall–Kier alpha value is -4.44. The number of amides is 1. The molecular weight excluding hydrogens is 646 g/mol. The highest BCUT2D eigenvalue weighted by Crippen LogP contribution is 2.34. The SMILES string of the molecule is COc1ccccc1COCCCOc1ccc([C@H]2CCN(C(=O)OC(C)(C)C)C[C@@H]2OCc2ccc3c(c2)N(CCCN=[N+]=[N-])CCC3)cc1. The van der Waals surface area contributed by atoms with Gasteiger partial charge < -0.3 is 33.5 Å². The summed E-state index contributed by atoms with van der Waals surface area (Å²) in [5.41, 5.74) is 13.9. The predicted molar refractivity (Wildman–Crippen MR) is 199 cm³/mol. The summed E-state index contributed by atoms with van der Waals surface area (Å²) < 4.78 is 29.7. The Labute approximate surface area is 302 Å².